The number of rotatable bonds is 4. The lowest BCUT2D eigenvalue weighted by Gasteiger charge is -2.12. The summed E-state index contributed by atoms with van der Waals surface area (Å²) in [4.78, 5) is 16.6. The van der Waals surface area contributed by atoms with Crippen LogP contribution in [0.15, 0.2) is 28.7 Å². The Morgan fingerprint density at radius 2 is 1.93 bits per heavy atom. The Kier molecular flexibility index (Phi) is 5.48. The molecule has 0 bridgehead atoms. The van der Waals surface area contributed by atoms with Gasteiger partial charge in [0.1, 0.15) is 11.4 Å². The number of hydrogen-bond donors (Lipinski definition) is 1. The highest BCUT2D eigenvalue weighted by Gasteiger charge is 2.36. The molecule has 0 saturated carbocycles. The summed E-state index contributed by atoms with van der Waals surface area (Å²) in [5.41, 5.74) is -1.15. The molecule has 1 N–H and O–H groups in total. The molecule has 0 aliphatic heterocycles. The Balaban J connectivity index is 2.04. The highest BCUT2D eigenvalue weighted by atomic mass is 79.9. The van der Waals surface area contributed by atoms with Crippen LogP contribution in [0.4, 0.5) is 27.6 Å². The van der Waals surface area contributed by atoms with Crippen LogP contribution >= 0.6 is 15.9 Å². The first-order chi connectivity index (χ1) is 13.5. The second-order valence-electron chi connectivity index (χ2n) is 6.01. The van der Waals surface area contributed by atoms with Gasteiger partial charge in [-0.3, -0.25) is 4.79 Å². The Labute approximate surface area is 168 Å². The molecule has 12 heteroatoms. The maximum absolute atomic E-state index is 13.3. The fourth-order valence-electron chi connectivity index (χ4n) is 2.57. The lowest BCUT2D eigenvalue weighted by Crippen LogP contribution is -2.16. The predicted molar refractivity (Wildman–Crippen MR) is 96.2 cm³/mol. The number of nitrogens with one attached hydrogen (secondary N) is 1. The number of halogens is 6. The standard InChI is InChI=1S/C17H12BrF5N4O2/c1-7-3-4-9(10(5-7)29-16(19)20)25-15(28)13-12(18)14-24-8(2)6-11(17(21,22)23)27(14)26-13/h3-6,16H,1-2H3,(H,25,28). The largest absolute Gasteiger partial charge is 0.433 e. The van der Waals surface area contributed by atoms with E-state index in [0.29, 0.717) is 10.1 Å². The maximum atomic E-state index is 13.3. The van der Waals surface area contributed by atoms with Gasteiger partial charge in [0.25, 0.3) is 5.91 Å². The summed E-state index contributed by atoms with van der Waals surface area (Å²) in [6, 6.07) is 4.95. The van der Waals surface area contributed by atoms with Crippen molar-refractivity contribution in [3.63, 3.8) is 0 Å². The van der Waals surface area contributed by atoms with Crippen LogP contribution in [0.2, 0.25) is 0 Å². The van der Waals surface area contributed by atoms with Crippen LogP contribution in [-0.4, -0.2) is 27.1 Å². The first-order valence-electron chi connectivity index (χ1n) is 7.97. The van der Waals surface area contributed by atoms with Gasteiger partial charge in [0.05, 0.1) is 10.2 Å². The molecule has 6 nitrogen and oxygen atoms in total. The minimum atomic E-state index is -4.74. The van der Waals surface area contributed by atoms with Crippen molar-refractivity contribution in [3.05, 3.63) is 51.4 Å². The molecule has 154 valence electrons. The molecule has 0 aliphatic carbocycles. The zero-order valence-corrected chi connectivity index (χ0v) is 16.4. The number of amides is 1. The van der Waals surface area contributed by atoms with Crippen molar-refractivity contribution in [3.8, 4) is 5.75 Å². The van der Waals surface area contributed by atoms with Gasteiger partial charge in [0.15, 0.2) is 11.3 Å². The van der Waals surface area contributed by atoms with Gasteiger partial charge in [-0.1, -0.05) is 6.07 Å². The van der Waals surface area contributed by atoms with Crippen molar-refractivity contribution in [1.29, 1.82) is 0 Å². The summed E-state index contributed by atoms with van der Waals surface area (Å²) in [6.07, 6.45) is -4.74. The molecule has 2 heterocycles. The van der Waals surface area contributed by atoms with E-state index in [1.165, 1.54) is 19.1 Å². The molecule has 0 spiro atoms. The monoisotopic (exact) mass is 478 g/mol. The molecule has 0 unspecified atom stereocenters. The normalized spacial score (nSPS) is 11.9. The Bertz CT molecular complexity index is 1100. The number of fused-ring (bicyclic) bond motifs is 1. The van der Waals surface area contributed by atoms with Gasteiger partial charge in [0, 0.05) is 5.69 Å². The van der Waals surface area contributed by atoms with Crippen molar-refractivity contribution in [1.82, 2.24) is 14.6 Å². The first-order valence-corrected chi connectivity index (χ1v) is 8.76. The fourth-order valence-corrected chi connectivity index (χ4v) is 3.08. The van der Waals surface area contributed by atoms with E-state index in [2.05, 4.69) is 36.1 Å². The summed E-state index contributed by atoms with van der Waals surface area (Å²) in [6.45, 7) is -0.125. The zero-order valence-electron chi connectivity index (χ0n) is 14.8. The molecule has 1 aromatic carbocycles. The molecule has 1 amide bonds. The van der Waals surface area contributed by atoms with Crippen molar-refractivity contribution in [2.75, 3.05) is 5.32 Å². The third kappa shape index (κ3) is 4.31. The quantitative estimate of drug-likeness (QED) is 0.537. The minimum Gasteiger partial charge on any atom is -0.433 e. The molecule has 0 atom stereocenters. The van der Waals surface area contributed by atoms with Gasteiger partial charge in [-0.2, -0.15) is 27.1 Å². The predicted octanol–water partition coefficient (Wildman–Crippen LogP) is 4.98. The van der Waals surface area contributed by atoms with Gasteiger partial charge in [0.2, 0.25) is 0 Å². The van der Waals surface area contributed by atoms with Crippen molar-refractivity contribution in [2.45, 2.75) is 26.6 Å². The molecule has 2 aromatic heterocycles. The Hall–Kier alpha value is -2.76. The zero-order chi connectivity index (χ0) is 21.5. The van der Waals surface area contributed by atoms with Gasteiger partial charge in [-0.05, 0) is 53.5 Å². The van der Waals surface area contributed by atoms with Crippen LogP contribution in [0.3, 0.4) is 0 Å². The van der Waals surface area contributed by atoms with Gasteiger partial charge in [-0.25, -0.2) is 9.50 Å². The highest BCUT2D eigenvalue weighted by molar-refractivity contribution is 9.10. The van der Waals surface area contributed by atoms with E-state index in [9.17, 15) is 26.7 Å². The van der Waals surface area contributed by atoms with E-state index in [4.69, 9.17) is 0 Å². The molecule has 0 aliphatic rings. The average molecular weight is 479 g/mol. The minimum absolute atomic E-state index is 0.0727. The van der Waals surface area contributed by atoms with Crippen LogP contribution in [0.1, 0.15) is 27.4 Å². The second-order valence-corrected chi connectivity index (χ2v) is 6.80. The number of ether oxygens (including phenoxy) is 1. The van der Waals surface area contributed by atoms with E-state index in [-0.39, 0.29) is 27.3 Å². The van der Waals surface area contributed by atoms with Crippen LogP contribution < -0.4 is 10.1 Å². The third-order valence-corrected chi connectivity index (χ3v) is 4.50. The lowest BCUT2D eigenvalue weighted by atomic mass is 10.2. The SMILES string of the molecule is Cc1ccc(NC(=O)c2nn3c(C(F)(F)F)cc(C)nc3c2Br)c(OC(F)F)c1. The smallest absolute Gasteiger partial charge is 0.433 e. The lowest BCUT2D eigenvalue weighted by molar-refractivity contribution is -0.142. The Morgan fingerprint density at radius 3 is 2.55 bits per heavy atom. The summed E-state index contributed by atoms with van der Waals surface area (Å²) in [5, 5.41) is 6.03. The van der Waals surface area contributed by atoms with Gasteiger partial charge in [-0.15, -0.1) is 0 Å². The van der Waals surface area contributed by atoms with E-state index >= 15 is 0 Å². The Morgan fingerprint density at radius 1 is 1.24 bits per heavy atom. The van der Waals surface area contributed by atoms with Crippen LogP contribution in [0.5, 0.6) is 5.75 Å². The van der Waals surface area contributed by atoms with Gasteiger partial charge < -0.3 is 10.1 Å². The van der Waals surface area contributed by atoms with Crippen LogP contribution in [-0.2, 0) is 6.18 Å². The first kappa shape index (κ1) is 21.0. The number of carbonyl (C=O) groups excluding carboxylic acids is 1. The number of anilines is 1. The molecule has 3 rings (SSSR count). The van der Waals surface area contributed by atoms with Crippen LogP contribution in [0.25, 0.3) is 5.65 Å². The highest BCUT2D eigenvalue weighted by Crippen LogP contribution is 2.33. The van der Waals surface area contributed by atoms with E-state index < -0.39 is 30.1 Å². The molecule has 0 radical (unpaired) electrons. The number of nitrogens with zero attached hydrogens (tertiary/aromatic N) is 3. The van der Waals surface area contributed by atoms with E-state index in [0.717, 1.165) is 6.07 Å². The molecular weight excluding hydrogens is 467 g/mol. The van der Waals surface area contributed by atoms with Gasteiger partial charge >= 0.3 is 12.8 Å². The van der Waals surface area contributed by atoms with Crippen molar-refractivity contribution < 1.29 is 31.5 Å². The topological polar surface area (TPSA) is 68.5 Å². The van der Waals surface area contributed by atoms with E-state index in [1.54, 1.807) is 13.0 Å². The summed E-state index contributed by atoms with van der Waals surface area (Å²) in [7, 11) is 0. The summed E-state index contributed by atoms with van der Waals surface area (Å²) in [5.74, 6) is -1.23. The maximum Gasteiger partial charge on any atom is 0.433 e. The number of benzene rings is 1. The number of aromatic nitrogens is 3. The van der Waals surface area contributed by atoms with Crippen LogP contribution in [0, 0.1) is 13.8 Å². The number of hydrogen-bond acceptors (Lipinski definition) is 4. The number of alkyl halides is 5. The number of carbonyl (C=O) groups is 1. The molecule has 0 saturated heterocycles. The third-order valence-electron chi connectivity index (χ3n) is 3.77. The van der Waals surface area contributed by atoms with E-state index in [1.807, 2.05) is 0 Å². The summed E-state index contributed by atoms with van der Waals surface area (Å²) < 4.78 is 70.0. The molecule has 3 aromatic rings. The fraction of sp³-hybridized carbons (Fsp3) is 0.235. The second kappa shape index (κ2) is 7.58. The summed E-state index contributed by atoms with van der Waals surface area (Å²) >= 11 is 3.05. The van der Waals surface area contributed by atoms with Crippen molar-refractivity contribution >= 4 is 33.2 Å². The average Bonchev–Trinajstić information content (AvgIpc) is 2.92. The molecule has 0 fully saturated rings. The van der Waals surface area contributed by atoms with Crippen molar-refractivity contribution in [2.24, 2.45) is 0 Å². The molecule has 29 heavy (non-hydrogen) atoms. The number of aryl methyl sites for hydroxylation is 2. The molecular formula is C17H12BrF5N4O2.